The average Bonchev–Trinajstić information content (AvgIpc) is 3.36. The molecule has 0 aliphatic carbocycles. The van der Waals surface area contributed by atoms with Crippen LogP contribution >= 0.6 is 0 Å². The molecule has 1 aliphatic heterocycles. The largest absolute Gasteiger partial charge is 0.370 e. The second kappa shape index (κ2) is 7.17. The molecule has 0 radical (unpaired) electrons. The average molecular weight is 365 g/mol. The van der Waals surface area contributed by atoms with Gasteiger partial charge in [0.25, 0.3) is 0 Å². The van der Waals surface area contributed by atoms with Crippen molar-refractivity contribution in [1.82, 2.24) is 0 Å². The first-order chi connectivity index (χ1) is 12.3. The molecule has 1 aliphatic rings. The number of epoxide rings is 1. The summed E-state index contributed by atoms with van der Waals surface area (Å²) in [5.74, 6) is 0. The van der Waals surface area contributed by atoms with Crippen LogP contribution in [-0.2, 0) is 4.74 Å². The molecule has 2 heteroatoms. The Labute approximate surface area is 160 Å². The smallest absolute Gasteiger partial charge is 0.127 e. The predicted octanol–water partition coefficient (Wildman–Crippen LogP) is 5.18. The molecule has 3 rings (SSSR count). The molecular weight excluding hydrogens is 332 g/mol. The fourth-order valence-electron chi connectivity index (χ4n) is 4.12. The van der Waals surface area contributed by atoms with Crippen LogP contribution in [0.5, 0.6) is 0 Å². The molecule has 0 N–H and O–H groups in total. The van der Waals surface area contributed by atoms with Crippen molar-refractivity contribution < 1.29 is 4.74 Å². The van der Waals surface area contributed by atoms with E-state index in [2.05, 4.69) is 94.9 Å². The third-order valence-corrected chi connectivity index (χ3v) is 12.2. The Kier molecular flexibility index (Phi) is 5.27. The molecule has 0 aromatic heterocycles. The van der Waals surface area contributed by atoms with Crippen LogP contribution in [0.3, 0.4) is 0 Å². The molecule has 1 atom stereocenters. The van der Waals surface area contributed by atoms with Gasteiger partial charge < -0.3 is 4.74 Å². The molecule has 1 heterocycles. The van der Waals surface area contributed by atoms with Gasteiger partial charge in [-0.05, 0) is 30.8 Å². The van der Waals surface area contributed by atoms with Gasteiger partial charge >= 0.3 is 0 Å². The fraction of sp³-hybridized carbons (Fsp3) is 0.417. The van der Waals surface area contributed by atoms with Crippen molar-refractivity contribution in [2.75, 3.05) is 6.61 Å². The summed E-state index contributed by atoms with van der Waals surface area (Å²) in [6.07, 6.45) is 2.14. The van der Waals surface area contributed by atoms with E-state index in [9.17, 15) is 0 Å². The third kappa shape index (κ3) is 3.87. The van der Waals surface area contributed by atoms with Gasteiger partial charge in [0.2, 0.25) is 0 Å². The monoisotopic (exact) mass is 364 g/mol. The standard InChI is InChI=1S/C24H32OSi/c1-20(16-17-24(5)19-25-24)18-26(23(2,3)4,21-12-8-6-9-13-21)22-14-10-7-11-15-22/h6-15H,1,16-19H2,2-5H3. The topological polar surface area (TPSA) is 12.5 Å². The summed E-state index contributed by atoms with van der Waals surface area (Å²) in [6, 6.07) is 23.4. The van der Waals surface area contributed by atoms with Crippen molar-refractivity contribution in [2.45, 2.75) is 57.2 Å². The van der Waals surface area contributed by atoms with E-state index in [1.54, 1.807) is 0 Å². The van der Waals surface area contributed by atoms with Gasteiger partial charge in [-0.3, -0.25) is 0 Å². The van der Waals surface area contributed by atoms with Crippen LogP contribution in [0.15, 0.2) is 72.8 Å². The second-order valence-corrected chi connectivity index (χ2v) is 13.9. The van der Waals surface area contributed by atoms with Gasteiger partial charge in [-0.25, -0.2) is 0 Å². The second-order valence-electron chi connectivity index (χ2n) is 9.05. The molecule has 1 fully saturated rings. The first-order valence-electron chi connectivity index (χ1n) is 9.69. The van der Waals surface area contributed by atoms with Gasteiger partial charge in [-0.1, -0.05) is 97.4 Å². The van der Waals surface area contributed by atoms with E-state index in [1.165, 1.54) is 15.9 Å². The summed E-state index contributed by atoms with van der Waals surface area (Å²) in [4.78, 5) is 0. The van der Waals surface area contributed by atoms with Gasteiger partial charge in [0.15, 0.2) is 0 Å². The molecule has 1 saturated heterocycles. The molecule has 2 aromatic rings. The van der Waals surface area contributed by atoms with Gasteiger partial charge in [0, 0.05) is 0 Å². The number of benzene rings is 2. The zero-order valence-electron chi connectivity index (χ0n) is 16.7. The number of hydrogen-bond acceptors (Lipinski definition) is 1. The first-order valence-corrected chi connectivity index (χ1v) is 11.9. The maximum Gasteiger partial charge on any atom is 0.127 e. The van der Waals surface area contributed by atoms with Crippen molar-refractivity contribution in [3.63, 3.8) is 0 Å². The van der Waals surface area contributed by atoms with Crippen LogP contribution < -0.4 is 10.4 Å². The minimum atomic E-state index is -2.03. The number of rotatable bonds is 7. The van der Waals surface area contributed by atoms with E-state index < -0.39 is 8.07 Å². The maximum atomic E-state index is 5.58. The molecule has 0 bridgehead atoms. The summed E-state index contributed by atoms with van der Waals surface area (Å²) >= 11 is 0. The fourth-order valence-corrected chi connectivity index (χ4v) is 9.57. The van der Waals surface area contributed by atoms with E-state index in [-0.39, 0.29) is 10.6 Å². The quantitative estimate of drug-likeness (QED) is 0.375. The van der Waals surface area contributed by atoms with Crippen LogP contribution in [-0.4, -0.2) is 20.3 Å². The molecule has 0 amide bonds. The zero-order chi connectivity index (χ0) is 18.8. The predicted molar refractivity (Wildman–Crippen MR) is 115 cm³/mol. The number of ether oxygens (including phenoxy) is 1. The van der Waals surface area contributed by atoms with E-state index in [0.717, 1.165) is 25.5 Å². The Bertz CT molecular complexity index is 699. The SMILES string of the molecule is C=C(CCC1(C)CO1)C[Si](c1ccccc1)(c1ccccc1)C(C)(C)C. The van der Waals surface area contributed by atoms with Gasteiger partial charge in [0.05, 0.1) is 12.2 Å². The molecule has 2 aromatic carbocycles. The normalized spacial score (nSPS) is 20.0. The Morgan fingerprint density at radius 3 is 1.85 bits per heavy atom. The lowest BCUT2D eigenvalue weighted by Crippen LogP contribution is -2.64. The van der Waals surface area contributed by atoms with Crippen molar-refractivity contribution in [3.05, 3.63) is 72.8 Å². The Balaban J connectivity index is 2.01. The minimum absolute atomic E-state index is 0.106. The van der Waals surface area contributed by atoms with E-state index in [0.29, 0.717) is 0 Å². The summed E-state index contributed by atoms with van der Waals surface area (Å²) in [5, 5.41) is 3.21. The van der Waals surface area contributed by atoms with Crippen molar-refractivity contribution in [3.8, 4) is 0 Å². The van der Waals surface area contributed by atoms with Crippen molar-refractivity contribution in [2.24, 2.45) is 0 Å². The molecule has 138 valence electrons. The molecule has 0 saturated carbocycles. The lowest BCUT2D eigenvalue weighted by molar-refractivity contribution is 0.309. The lowest BCUT2D eigenvalue weighted by Gasteiger charge is -2.45. The van der Waals surface area contributed by atoms with Crippen LogP contribution in [0, 0.1) is 0 Å². The highest BCUT2D eigenvalue weighted by atomic mass is 28.3. The van der Waals surface area contributed by atoms with Gasteiger partial charge in [0.1, 0.15) is 8.07 Å². The van der Waals surface area contributed by atoms with Gasteiger partial charge in [-0.15, -0.1) is 6.58 Å². The summed E-state index contributed by atoms with van der Waals surface area (Å²) < 4.78 is 5.58. The highest BCUT2D eigenvalue weighted by molar-refractivity contribution is 7.04. The van der Waals surface area contributed by atoms with Crippen LogP contribution in [0.1, 0.15) is 40.5 Å². The maximum absolute atomic E-state index is 5.58. The first kappa shape index (κ1) is 19.1. The van der Waals surface area contributed by atoms with E-state index in [4.69, 9.17) is 4.74 Å². The summed E-state index contributed by atoms with van der Waals surface area (Å²) in [7, 11) is -2.03. The molecule has 1 nitrogen and oxygen atoms in total. The molecule has 0 spiro atoms. The van der Waals surface area contributed by atoms with Crippen molar-refractivity contribution >= 4 is 18.4 Å². The van der Waals surface area contributed by atoms with Gasteiger partial charge in [-0.2, -0.15) is 0 Å². The van der Waals surface area contributed by atoms with E-state index in [1.807, 2.05) is 0 Å². The van der Waals surface area contributed by atoms with Crippen LogP contribution in [0.25, 0.3) is 0 Å². The van der Waals surface area contributed by atoms with E-state index >= 15 is 0 Å². The van der Waals surface area contributed by atoms with Crippen LogP contribution in [0.2, 0.25) is 11.1 Å². The zero-order valence-corrected chi connectivity index (χ0v) is 17.7. The summed E-state index contributed by atoms with van der Waals surface area (Å²) in [6.45, 7) is 14.9. The third-order valence-electron chi connectivity index (χ3n) is 5.97. The van der Waals surface area contributed by atoms with Crippen molar-refractivity contribution in [1.29, 1.82) is 0 Å². The highest BCUT2D eigenvalue weighted by Crippen LogP contribution is 2.41. The lowest BCUT2D eigenvalue weighted by atomic mass is 10.0. The Hall–Kier alpha value is -1.64. The summed E-state index contributed by atoms with van der Waals surface area (Å²) in [5.41, 5.74) is 1.48. The number of allylic oxidation sites excluding steroid dienone is 1. The highest BCUT2D eigenvalue weighted by Gasteiger charge is 2.47. The molecule has 1 unspecified atom stereocenters. The van der Waals surface area contributed by atoms with Crippen LogP contribution in [0.4, 0.5) is 0 Å². The minimum Gasteiger partial charge on any atom is -0.370 e. The molecule has 26 heavy (non-hydrogen) atoms. The number of hydrogen-bond donors (Lipinski definition) is 0. The Morgan fingerprint density at radius 2 is 1.46 bits per heavy atom. The Morgan fingerprint density at radius 1 is 1.00 bits per heavy atom. The molecular formula is C24H32OSi.